The summed E-state index contributed by atoms with van der Waals surface area (Å²) in [6.45, 7) is 2.17. The summed E-state index contributed by atoms with van der Waals surface area (Å²) in [4.78, 5) is 4.76. The molecular weight excluding hydrogens is 258 g/mol. The minimum absolute atomic E-state index is 0.193. The van der Waals surface area contributed by atoms with Gasteiger partial charge in [0.05, 0.1) is 16.1 Å². The molecule has 1 fully saturated rings. The monoisotopic (exact) mass is 277 g/mol. The van der Waals surface area contributed by atoms with Gasteiger partial charge in [-0.25, -0.2) is 4.98 Å². The van der Waals surface area contributed by atoms with E-state index in [1.165, 1.54) is 12.8 Å². The third-order valence-electron chi connectivity index (χ3n) is 3.75. The summed E-state index contributed by atoms with van der Waals surface area (Å²) < 4.78 is 2.33. The maximum Gasteiger partial charge on any atom is 0.111 e. The van der Waals surface area contributed by atoms with Gasteiger partial charge < -0.3 is 10.3 Å². The van der Waals surface area contributed by atoms with Crippen molar-refractivity contribution in [3.8, 4) is 0 Å². The van der Waals surface area contributed by atoms with Crippen molar-refractivity contribution in [2.24, 2.45) is 5.73 Å². The lowest BCUT2D eigenvalue weighted by molar-refractivity contribution is 0.564. The van der Waals surface area contributed by atoms with Gasteiger partial charge in [-0.3, -0.25) is 0 Å². The Morgan fingerprint density at radius 3 is 2.95 bits per heavy atom. The van der Waals surface area contributed by atoms with Crippen molar-refractivity contribution in [2.45, 2.75) is 51.1 Å². The van der Waals surface area contributed by atoms with Crippen molar-refractivity contribution in [3.05, 3.63) is 29.0 Å². The molecule has 0 saturated heterocycles. The summed E-state index contributed by atoms with van der Waals surface area (Å²) in [5.74, 6) is 1.10. The highest BCUT2D eigenvalue weighted by Gasteiger charge is 2.29. The van der Waals surface area contributed by atoms with Crippen LogP contribution in [0.25, 0.3) is 11.0 Å². The number of rotatable bonds is 5. The van der Waals surface area contributed by atoms with E-state index in [0.29, 0.717) is 6.04 Å². The van der Waals surface area contributed by atoms with E-state index in [1.54, 1.807) is 0 Å². The van der Waals surface area contributed by atoms with Gasteiger partial charge in [0.15, 0.2) is 0 Å². The molecule has 0 spiro atoms. The van der Waals surface area contributed by atoms with E-state index in [4.69, 9.17) is 22.3 Å². The molecule has 1 atom stereocenters. The number of fused-ring (bicyclic) bond motifs is 1. The first kappa shape index (κ1) is 12.9. The molecule has 0 bridgehead atoms. The zero-order valence-corrected chi connectivity index (χ0v) is 12.0. The van der Waals surface area contributed by atoms with Gasteiger partial charge >= 0.3 is 0 Å². The predicted octanol–water partition coefficient (Wildman–Crippen LogP) is 3.69. The molecule has 19 heavy (non-hydrogen) atoms. The second-order valence-corrected chi connectivity index (χ2v) is 5.90. The zero-order chi connectivity index (χ0) is 13.4. The molecule has 1 unspecified atom stereocenters. The quantitative estimate of drug-likeness (QED) is 0.906. The largest absolute Gasteiger partial charge is 0.327 e. The van der Waals surface area contributed by atoms with Gasteiger partial charge in [-0.1, -0.05) is 31.0 Å². The van der Waals surface area contributed by atoms with Crippen LogP contribution in [0.15, 0.2) is 18.2 Å². The summed E-state index contributed by atoms with van der Waals surface area (Å²) in [7, 11) is 0. The van der Waals surface area contributed by atoms with Gasteiger partial charge in [-0.15, -0.1) is 0 Å². The fourth-order valence-corrected chi connectivity index (χ4v) is 2.99. The van der Waals surface area contributed by atoms with Crippen LogP contribution >= 0.6 is 11.6 Å². The summed E-state index contributed by atoms with van der Waals surface area (Å²) >= 11 is 6.35. The van der Waals surface area contributed by atoms with Crippen LogP contribution in [0.3, 0.4) is 0 Å². The van der Waals surface area contributed by atoms with Crippen molar-refractivity contribution in [1.82, 2.24) is 9.55 Å². The number of hydrogen-bond donors (Lipinski definition) is 1. The van der Waals surface area contributed by atoms with Crippen LogP contribution in [-0.2, 0) is 6.42 Å². The normalized spacial score (nSPS) is 17.0. The highest BCUT2D eigenvalue weighted by Crippen LogP contribution is 2.40. The number of halogens is 1. The average molecular weight is 278 g/mol. The molecular formula is C15H20ClN3. The fraction of sp³-hybridized carbons (Fsp3) is 0.533. The first-order valence-electron chi connectivity index (χ1n) is 7.11. The minimum Gasteiger partial charge on any atom is -0.327 e. The third kappa shape index (κ3) is 2.49. The average Bonchev–Trinajstić information content (AvgIpc) is 3.12. The number of benzene rings is 1. The van der Waals surface area contributed by atoms with E-state index < -0.39 is 0 Å². The lowest BCUT2D eigenvalue weighted by atomic mass is 10.1. The molecule has 102 valence electrons. The van der Waals surface area contributed by atoms with E-state index in [9.17, 15) is 0 Å². The van der Waals surface area contributed by atoms with Crippen LogP contribution in [0.4, 0.5) is 0 Å². The van der Waals surface area contributed by atoms with Crippen molar-refractivity contribution < 1.29 is 0 Å². The Hall–Kier alpha value is -1.06. The molecule has 3 rings (SSSR count). The van der Waals surface area contributed by atoms with Gasteiger partial charge in [0.2, 0.25) is 0 Å². The molecule has 4 heteroatoms. The van der Waals surface area contributed by atoms with Crippen LogP contribution in [0, 0.1) is 0 Å². The molecule has 2 N–H and O–H groups in total. The van der Waals surface area contributed by atoms with Crippen molar-refractivity contribution in [1.29, 1.82) is 0 Å². The Labute approximate surface area is 118 Å². The Morgan fingerprint density at radius 1 is 1.47 bits per heavy atom. The minimum atomic E-state index is 0.193. The lowest BCUT2D eigenvalue weighted by Gasteiger charge is -2.12. The lowest BCUT2D eigenvalue weighted by Crippen LogP contribution is -2.24. The molecule has 1 saturated carbocycles. The standard InChI is InChI=1S/C15H20ClN3/c1-2-4-10(17)9-14-18-13-6-3-5-12(16)15(13)19(14)11-7-8-11/h3,5-6,10-11H,2,4,7-9,17H2,1H3. The second-order valence-electron chi connectivity index (χ2n) is 5.49. The molecule has 1 aliphatic rings. The Bertz CT molecular complexity index is 586. The van der Waals surface area contributed by atoms with Gasteiger partial charge in [0.25, 0.3) is 0 Å². The van der Waals surface area contributed by atoms with E-state index in [-0.39, 0.29) is 6.04 Å². The number of nitrogens with two attached hydrogens (primary N) is 1. The van der Waals surface area contributed by atoms with E-state index >= 15 is 0 Å². The molecule has 0 amide bonds. The number of imidazole rings is 1. The Balaban J connectivity index is 2.03. The van der Waals surface area contributed by atoms with Gasteiger partial charge in [-0.05, 0) is 31.4 Å². The van der Waals surface area contributed by atoms with Crippen molar-refractivity contribution in [3.63, 3.8) is 0 Å². The van der Waals surface area contributed by atoms with Crippen LogP contribution in [-0.4, -0.2) is 15.6 Å². The molecule has 0 radical (unpaired) electrons. The zero-order valence-electron chi connectivity index (χ0n) is 11.3. The smallest absolute Gasteiger partial charge is 0.111 e. The first-order chi connectivity index (χ1) is 9.20. The summed E-state index contributed by atoms with van der Waals surface area (Å²) in [6, 6.07) is 6.71. The van der Waals surface area contributed by atoms with Crippen LogP contribution < -0.4 is 5.73 Å². The van der Waals surface area contributed by atoms with E-state index in [0.717, 1.165) is 41.1 Å². The fourth-order valence-electron chi connectivity index (χ4n) is 2.73. The van der Waals surface area contributed by atoms with Crippen LogP contribution in [0.5, 0.6) is 0 Å². The Morgan fingerprint density at radius 2 is 2.26 bits per heavy atom. The Kier molecular flexibility index (Phi) is 3.50. The van der Waals surface area contributed by atoms with Gasteiger partial charge in [-0.2, -0.15) is 0 Å². The topological polar surface area (TPSA) is 43.8 Å². The maximum absolute atomic E-state index is 6.35. The maximum atomic E-state index is 6.35. The molecule has 0 aliphatic heterocycles. The first-order valence-corrected chi connectivity index (χ1v) is 7.49. The SMILES string of the molecule is CCCC(N)Cc1nc2cccc(Cl)c2n1C1CC1. The van der Waals surface area contributed by atoms with Crippen LogP contribution in [0.1, 0.15) is 44.5 Å². The van der Waals surface area contributed by atoms with E-state index in [2.05, 4.69) is 11.5 Å². The highest BCUT2D eigenvalue weighted by atomic mass is 35.5. The molecule has 1 aliphatic carbocycles. The number of hydrogen-bond acceptors (Lipinski definition) is 2. The number of para-hydroxylation sites is 1. The van der Waals surface area contributed by atoms with Crippen molar-refractivity contribution >= 4 is 22.6 Å². The summed E-state index contributed by atoms with van der Waals surface area (Å²) in [6.07, 6.45) is 5.46. The number of nitrogens with zero attached hydrogens (tertiary/aromatic N) is 2. The van der Waals surface area contributed by atoms with E-state index in [1.807, 2.05) is 18.2 Å². The summed E-state index contributed by atoms with van der Waals surface area (Å²) in [5, 5.41) is 0.798. The third-order valence-corrected chi connectivity index (χ3v) is 4.06. The van der Waals surface area contributed by atoms with Crippen molar-refractivity contribution in [2.75, 3.05) is 0 Å². The molecule has 1 aromatic heterocycles. The van der Waals surface area contributed by atoms with Crippen LogP contribution in [0.2, 0.25) is 5.02 Å². The predicted molar refractivity (Wildman–Crippen MR) is 79.6 cm³/mol. The number of aromatic nitrogens is 2. The highest BCUT2D eigenvalue weighted by molar-refractivity contribution is 6.35. The molecule has 1 aromatic carbocycles. The molecule has 3 nitrogen and oxygen atoms in total. The molecule has 1 heterocycles. The second kappa shape index (κ2) is 5.14. The summed E-state index contributed by atoms with van der Waals surface area (Å²) in [5.41, 5.74) is 8.27. The molecule has 2 aromatic rings. The van der Waals surface area contributed by atoms with Gasteiger partial charge in [0, 0.05) is 18.5 Å². The van der Waals surface area contributed by atoms with Gasteiger partial charge in [0.1, 0.15) is 5.82 Å².